The zero-order chi connectivity index (χ0) is 23.5. The van der Waals surface area contributed by atoms with Gasteiger partial charge >= 0.3 is 0 Å². The molecule has 3 rings (SSSR count). The number of aromatic nitrogens is 1. The molecule has 2 aromatic carbocycles. The molecule has 172 valence electrons. The van der Waals surface area contributed by atoms with E-state index in [0.29, 0.717) is 35.2 Å². The van der Waals surface area contributed by atoms with Crippen LogP contribution in [-0.2, 0) is 21.1 Å². The van der Waals surface area contributed by atoms with E-state index in [1.807, 2.05) is 25.1 Å². The van der Waals surface area contributed by atoms with Crippen LogP contribution >= 0.6 is 11.3 Å². The van der Waals surface area contributed by atoms with Crippen molar-refractivity contribution in [3.05, 3.63) is 42.0 Å². The average molecular weight is 478 g/mol. The van der Waals surface area contributed by atoms with Crippen molar-refractivity contribution in [1.29, 1.82) is 0 Å². The molecule has 0 spiro atoms. The molecule has 0 aliphatic rings. The summed E-state index contributed by atoms with van der Waals surface area (Å²) in [5.41, 5.74) is 1.45. The summed E-state index contributed by atoms with van der Waals surface area (Å²) in [6.07, 6.45) is 1.34. The van der Waals surface area contributed by atoms with Gasteiger partial charge in [-0.2, -0.15) is 0 Å². The van der Waals surface area contributed by atoms with Gasteiger partial charge in [-0.1, -0.05) is 17.4 Å². The number of anilines is 1. The molecule has 1 amide bonds. The van der Waals surface area contributed by atoms with Crippen LogP contribution in [0.5, 0.6) is 11.5 Å². The number of fused-ring (bicyclic) bond motifs is 1. The molecule has 0 saturated carbocycles. The van der Waals surface area contributed by atoms with Crippen LogP contribution in [0.1, 0.15) is 5.56 Å². The van der Waals surface area contributed by atoms with Gasteiger partial charge in [0.15, 0.2) is 26.5 Å². The Balaban J connectivity index is 1.93. The summed E-state index contributed by atoms with van der Waals surface area (Å²) in [6.45, 7) is 1.11. The van der Waals surface area contributed by atoms with Crippen molar-refractivity contribution in [1.82, 2.24) is 9.88 Å². The number of hydrogen-bond donors (Lipinski definition) is 0. The number of rotatable bonds is 9. The highest BCUT2D eigenvalue weighted by molar-refractivity contribution is 7.90. The average Bonchev–Trinajstić information content (AvgIpc) is 3.15. The molecule has 3 aromatic rings. The van der Waals surface area contributed by atoms with Crippen LogP contribution in [0.2, 0.25) is 0 Å². The second-order valence-electron chi connectivity index (χ2n) is 7.61. The van der Waals surface area contributed by atoms with E-state index in [2.05, 4.69) is 4.98 Å². The van der Waals surface area contributed by atoms with E-state index >= 15 is 0 Å². The predicted octanol–water partition coefficient (Wildman–Crippen LogP) is 2.85. The Labute approximate surface area is 192 Å². The highest BCUT2D eigenvalue weighted by Crippen LogP contribution is 2.32. The van der Waals surface area contributed by atoms with Gasteiger partial charge in [0.05, 0.1) is 35.8 Å². The molecule has 0 aliphatic carbocycles. The number of likely N-dealkylation sites (N-methyl/N-ethyl adjacent to an activating group) is 1. The van der Waals surface area contributed by atoms with Crippen molar-refractivity contribution in [2.45, 2.75) is 11.3 Å². The maximum absolute atomic E-state index is 13.3. The Bertz CT molecular complexity index is 1220. The molecule has 1 aromatic heterocycles. The Morgan fingerprint density at radius 3 is 2.38 bits per heavy atom. The molecule has 32 heavy (non-hydrogen) atoms. The number of carbonyl (C=O) groups is 1. The number of sulfone groups is 1. The third kappa shape index (κ3) is 5.56. The van der Waals surface area contributed by atoms with Crippen molar-refractivity contribution in [3.8, 4) is 11.5 Å². The fraction of sp³-hybridized carbons (Fsp3) is 0.364. The minimum atomic E-state index is -3.33. The van der Waals surface area contributed by atoms with Gasteiger partial charge in [0.25, 0.3) is 0 Å². The molecule has 0 radical (unpaired) electrons. The first kappa shape index (κ1) is 24.0. The van der Waals surface area contributed by atoms with Gasteiger partial charge in [-0.05, 0) is 50.0 Å². The van der Waals surface area contributed by atoms with E-state index < -0.39 is 9.84 Å². The van der Waals surface area contributed by atoms with Gasteiger partial charge in [-0.3, -0.25) is 9.69 Å². The molecule has 0 unspecified atom stereocenters. The lowest BCUT2D eigenvalue weighted by Gasteiger charge is -2.22. The maximum atomic E-state index is 13.3. The first-order valence-corrected chi connectivity index (χ1v) is 12.6. The van der Waals surface area contributed by atoms with E-state index in [-0.39, 0.29) is 17.2 Å². The Hall–Kier alpha value is -2.69. The van der Waals surface area contributed by atoms with Crippen LogP contribution in [0.3, 0.4) is 0 Å². The van der Waals surface area contributed by atoms with Gasteiger partial charge in [0.2, 0.25) is 5.91 Å². The smallest absolute Gasteiger partial charge is 0.233 e. The number of amides is 1. The molecular formula is C22H27N3O5S2. The molecule has 0 atom stereocenters. The summed E-state index contributed by atoms with van der Waals surface area (Å²) < 4.78 is 35.1. The SMILES string of the molecule is COc1ccc(CC(=O)N(CCN(C)C)c2nc3ccc(S(C)(=O)=O)cc3s2)cc1OC. The summed E-state index contributed by atoms with van der Waals surface area (Å²) in [5.74, 6) is 1.05. The van der Waals surface area contributed by atoms with Gasteiger partial charge in [-0.25, -0.2) is 13.4 Å². The van der Waals surface area contributed by atoms with E-state index in [9.17, 15) is 13.2 Å². The molecule has 0 fully saturated rings. The van der Waals surface area contributed by atoms with Crippen LogP contribution in [-0.4, -0.2) is 71.9 Å². The third-order valence-electron chi connectivity index (χ3n) is 4.88. The summed E-state index contributed by atoms with van der Waals surface area (Å²) in [4.78, 5) is 21.8. The van der Waals surface area contributed by atoms with Gasteiger partial charge < -0.3 is 14.4 Å². The van der Waals surface area contributed by atoms with Crippen molar-refractivity contribution >= 4 is 42.4 Å². The number of thiazole rings is 1. The van der Waals surface area contributed by atoms with Crippen LogP contribution in [0.15, 0.2) is 41.3 Å². The zero-order valence-corrected chi connectivity index (χ0v) is 20.4. The molecule has 0 N–H and O–H groups in total. The van der Waals surface area contributed by atoms with E-state index in [0.717, 1.165) is 10.3 Å². The fourth-order valence-corrected chi connectivity index (χ4v) is 4.90. The quantitative estimate of drug-likeness (QED) is 0.468. The Kier molecular flexibility index (Phi) is 7.37. The zero-order valence-electron chi connectivity index (χ0n) is 18.8. The summed E-state index contributed by atoms with van der Waals surface area (Å²) in [7, 11) is 3.67. The highest BCUT2D eigenvalue weighted by atomic mass is 32.2. The molecule has 0 saturated heterocycles. The second kappa shape index (κ2) is 9.85. The standard InChI is InChI=1S/C22H27N3O5S2/c1-24(2)10-11-25(21(26)13-15-6-9-18(29-3)19(12-15)30-4)22-23-17-8-7-16(32(5,27)28)14-20(17)31-22/h6-9,12,14H,10-11,13H2,1-5H3. The Morgan fingerprint density at radius 2 is 1.75 bits per heavy atom. The largest absolute Gasteiger partial charge is 0.493 e. The van der Waals surface area contributed by atoms with Crippen molar-refractivity contribution < 1.29 is 22.7 Å². The van der Waals surface area contributed by atoms with Crippen molar-refractivity contribution in [2.24, 2.45) is 0 Å². The topological polar surface area (TPSA) is 89.0 Å². The van der Waals surface area contributed by atoms with Crippen molar-refractivity contribution in [3.63, 3.8) is 0 Å². The van der Waals surface area contributed by atoms with Gasteiger partial charge in [0.1, 0.15) is 0 Å². The summed E-state index contributed by atoms with van der Waals surface area (Å²) >= 11 is 1.31. The predicted molar refractivity (Wildman–Crippen MR) is 127 cm³/mol. The van der Waals surface area contributed by atoms with E-state index in [4.69, 9.17) is 9.47 Å². The van der Waals surface area contributed by atoms with Crippen molar-refractivity contribution in [2.75, 3.05) is 52.6 Å². The second-order valence-corrected chi connectivity index (χ2v) is 10.6. The molecular weight excluding hydrogens is 450 g/mol. The fourth-order valence-electron chi connectivity index (χ4n) is 3.13. The molecule has 8 nitrogen and oxygen atoms in total. The molecule has 0 aliphatic heterocycles. The number of methoxy groups -OCH3 is 2. The minimum Gasteiger partial charge on any atom is -0.493 e. The lowest BCUT2D eigenvalue weighted by molar-refractivity contribution is -0.118. The minimum absolute atomic E-state index is 0.110. The van der Waals surface area contributed by atoms with Gasteiger partial charge in [-0.15, -0.1) is 0 Å². The first-order valence-electron chi connectivity index (χ1n) is 9.89. The molecule has 10 heteroatoms. The number of benzene rings is 2. The molecule has 0 bridgehead atoms. The maximum Gasteiger partial charge on any atom is 0.233 e. The lowest BCUT2D eigenvalue weighted by atomic mass is 10.1. The summed E-state index contributed by atoms with van der Waals surface area (Å²) in [6, 6.07) is 10.2. The van der Waals surface area contributed by atoms with E-state index in [1.54, 1.807) is 43.4 Å². The summed E-state index contributed by atoms with van der Waals surface area (Å²) in [5, 5.41) is 0.540. The first-order chi connectivity index (χ1) is 15.1. The third-order valence-corrected chi connectivity index (χ3v) is 7.03. The molecule has 1 heterocycles. The number of hydrogen-bond acceptors (Lipinski definition) is 8. The van der Waals surface area contributed by atoms with Crippen LogP contribution in [0, 0.1) is 0 Å². The lowest BCUT2D eigenvalue weighted by Crippen LogP contribution is -2.37. The highest BCUT2D eigenvalue weighted by Gasteiger charge is 2.21. The van der Waals surface area contributed by atoms with Gasteiger partial charge in [0, 0.05) is 19.3 Å². The Morgan fingerprint density at radius 1 is 1.03 bits per heavy atom. The van der Waals surface area contributed by atoms with Crippen LogP contribution in [0.25, 0.3) is 10.2 Å². The normalized spacial score (nSPS) is 11.7. The number of nitrogens with zero attached hydrogens (tertiary/aromatic N) is 3. The van der Waals surface area contributed by atoms with Crippen LogP contribution in [0.4, 0.5) is 5.13 Å². The number of carbonyl (C=O) groups excluding carboxylic acids is 1. The van der Waals surface area contributed by atoms with Crippen LogP contribution < -0.4 is 14.4 Å². The van der Waals surface area contributed by atoms with E-state index in [1.165, 1.54) is 23.7 Å². The monoisotopic (exact) mass is 477 g/mol. The number of ether oxygens (including phenoxy) is 2.